The van der Waals surface area contributed by atoms with Crippen molar-refractivity contribution in [2.75, 3.05) is 17.7 Å². The molecule has 0 unspecified atom stereocenters. The van der Waals surface area contributed by atoms with Crippen LogP contribution in [0.1, 0.15) is 58.1 Å². The van der Waals surface area contributed by atoms with E-state index in [2.05, 4.69) is 16.4 Å². The summed E-state index contributed by atoms with van der Waals surface area (Å²) in [5, 5.41) is 13.6. The Balaban J connectivity index is 1.43. The third-order valence-corrected chi connectivity index (χ3v) is 8.00. The number of aryl methyl sites for hydroxylation is 2. The lowest BCUT2D eigenvalue weighted by Gasteiger charge is -2.12. The van der Waals surface area contributed by atoms with Gasteiger partial charge in [0.25, 0.3) is 0 Å². The number of fused-ring (bicyclic) bond motifs is 1. The summed E-state index contributed by atoms with van der Waals surface area (Å²) in [6.45, 7) is 4.11. The first kappa shape index (κ1) is 25.0. The maximum absolute atomic E-state index is 12.8. The zero-order valence-electron chi connectivity index (χ0n) is 19.8. The molecule has 0 fully saturated rings. The van der Waals surface area contributed by atoms with Gasteiger partial charge >= 0.3 is 5.97 Å². The van der Waals surface area contributed by atoms with Gasteiger partial charge in [0.2, 0.25) is 5.91 Å². The van der Waals surface area contributed by atoms with Crippen LogP contribution in [0.25, 0.3) is 11.3 Å². The van der Waals surface area contributed by atoms with E-state index in [-0.39, 0.29) is 18.3 Å². The molecule has 8 heteroatoms. The summed E-state index contributed by atoms with van der Waals surface area (Å²) in [5.41, 5.74) is 4.97. The van der Waals surface area contributed by atoms with Gasteiger partial charge in [-0.1, -0.05) is 29.8 Å². The number of rotatable bonds is 8. The fraction of sp³-hybridized carbons (Fsp3) is 0.333. The predicted octanol–water partition coefficient (Wildman–Crippen LogP) is 6.17. The predicted molar refractivity (Wildman–Crippen MR) is 140 cm³/mol. The Kier molecular flexibility index (Phi) is 8.21. The van der Waals surface area contributed by atoms with Gasteiger partial charge in [-0.25, -0.2) is 9.78 Å². The van der Waals surface area contributed by atoms with Crippen molar-refractivity contribution < 1.29 is 14.3 Å². The number of aromatic nitrogens is 1. The van der Waals surface area contributed by atoms with Crippen molar-refractivity contribution in [3.8, 4) is 17.3 Å². The molecule has 4 rings (SSSR count). The minimum absolute atomic E-state index is 0.171. The molecule has 0 saturated carbocycles. The van der Waals surface area contributed by atoms with Crippen LogP contribution in [-0.4, -0.2) is 29.2 Å². The molecule has 3 aromatic rings. The topological polar surface area (TPSA) is 92.1 Å². The molecule has 1 aliphatic carbocycles. The third-order valence-electron chi connectivity index (χ3n) is 5.80. The smallest absolute Gasteiger partial charge is 0.341 e. The van der Waals surface area contributed by atoms with Crippen LogP contribution in [0.15, 0.2) is 41.4 Å². The van der Waals surface area contributed by atoms with Crippen molar-refractivity contribution in [1.82, 2.24) is 4.98 Å². The molecule has 35 heavy (non-hydrogen) atoms. The molecule has 0 saturated heterocycles. The second kappa shape index (κ2) is 11.5. The number of esters is 1. The first-order valence-corrected chi connectivity index (χ1v) is 13.5. The Bertz CT molecular complexity index is 1280. The van der Waals surface area contributed by atoms with Gasteiger partial charge in [-0.3, -0.25) is 4.79 Å². The first-order valence-electron chi connectivity index (χ1n) is 11.7. The second-order valence-corrected chi connectivity index (χ2v) is 10.5. The maximum atomic E-state index is 12.8. The molecule has 0 aliphatic heterocycles. The molecule has 2 heterocycles. The molecule has 180 valence electrons. The summed E-state index contributed by atoms with van der Waals surface area (Å²) in [6, 6.07) is 13.9. The lowest BCUT2D eigenvalue weighted by Crippen LogP contribution is -2.16. The largest absolute Gasteiger partial charge is 0.462 e. The fourth-order valence-corrected chi connectivity index (χ4v) is 6.23. The van der Waals surface area contributed by atoms with E-state index in [1.165, 1.54) is 33.5 Å². The van der Waals surface area contributed by atoms with Crippen LogP contribution >= 0.6 is 23.1 Å². The number of nitriles is 1. The maximum Gasteiger partial charge on any atom is 0.341 e. The quantitative estimate of drug-likeness (QED) is 0.291. The van der Waals surface area contributed by atoms with E-state index in [1.807, 2.05) is 37.3 Å². The number of anilines is 1. The summed E-state index contributed by atoms with van der Waals surface area (Å²) >= 11 is 2.87. The van der Waals surface area contributed by atoms with Crippen molar-refractivity contribution >= 4 is 40.0 Å². The highest BCUT2D eigenvalue weighted by Crippen LogP contribution is 2.38. The van der Waals surface area contributed by atoms with E-state index in [4.69, 9.17) is 4.74 Å². The van der Waals surface area contributed by atoms with Gasteiger partial charge in [0, 0.05) is 22.6 Å². The van der Waals surface area contributed by atoms with Gasteiger partial charge in [0.15, 0.2) is 0 Å². The van der Waals surface area contributed by atoms with E-state index < -0.39 is 0 Å². The molecule has 6 nitrogen and oxygen atoms in total. The normalized spacial score (nSPS) is 12.5. The molecule has 0 bridgehead atoms. The number of nitrogens with one attached hydrogen (secondary N) is 1. The molecule has 1 aromatic carbocycles. The van der Waals surface area contributed by atoms with E-state index in [1.54, 1.807) is 13.0 Å². The van der Waals surface area contributed by atoms with Crippen LogP contribution in [0, 0.1) is 18.3 Å². The highest BCUT2D eigenvalue weighted by atomic mass is 32.2. The molecule has 1 amide bonds. The SMILES string of the molecule is CCOC(=O)c1c(NC(=O)CCSc2nc(-c3ccc(C)cc3)ccc2C#N)sc2c1CCCC2. The van der Waals surface area contributed by atoms with Gasteiger partial charge in [0.1, 0.15) is 16.1 Å². The molecular formula is C27H27N3O3S2. The summed E-state index contributed by atoms with van der Waals surface area (Å²) < 4.78 is 5.27. The number of thiophene rings is 1. The standard InChI is InChI=1S/C27H27N3O3S2/c1-3-33-27(32)24-20-6-4-5-7-22(20)35-26(24)30-23(31)14-15-34-25-19(16-28)12-13-21(29-25)18-10-8-17(2)9-11-18/h8-13H,3-7,14-15H2,1-2H3,(H,30,31). The molecule has 2 aromatic heterocycles. The molecule has 0 radical (unpaired) electrons. The lowest BCUT2D eigenvalue weighted by atomic mass is 9.95. The molecular weight excluding hydrogens is 478 g/mol. The number of thioether (sulfide) groups is 1. The Morgan fingerprint density at radius 3 is 2.69 bits per heavy atom. The van der Waals surface area contributed by atoms with Crippen molar-refractivity contribution in [1.29, 1.82) is 5.26 Å². The van der Waals surface area contributed by atoms with Gasteiger partial charge in [-0.05, 0) is 57.2 Å². The number of hydrogen-bond acceptors (Lipinski definition) is 7. The fourth-order valence-electron chi connectivity index (χ4n) is 4.02. The number of ether oxygens (including phenoxy) is 1. The van der Waals surface area contributed by atoms with Gasteiger partial charge < -0.3 is 10.1 Å². The van der Waals surface area contributed by atoms with Crippen molar-refractivity contribution in [2.24, 2.45) is 0 Å². The van der Waals surface area contributed by atoms with Crippen LogP contribution < -0.4 is 5.32 Å². The highest BCUT2D eigenvalue weighted by molar-refractivity contribution is 7.99. The monoisotopic (exact) mass is 505 g/mol. The summed E-state index contributed by atoms with van der Waals surface area (Å²) in [5.74, 6) is -0.0766. The van der Waals surface area contributed by atoms with E-state index in [9.17, 15) is 14.9 Å². The Morgan fingerprint density at radius 1 is 1.17 bits per heavy atom. The van der Waals surface area contributed by atoms with Crippen LogP contribution in [0.4, 0.5) is 5.00 Å². The number of amides is 1. The van der Waals surface area contributed by atoms with Crippen molar-refractivity contribution in [2.45, 2.75) is 51.0 Å². The van der Waals surface area contributed by atoms with Crippen LogP contribution in [0.5, 0.6) is 0 Å². The third kappa shape index (κ3) is 5.92. The van der Waals surface area contributed by atoms with Gasteiger partial charge in [-0.15, -0.1) is 23.1 Å². The van der Waals surface area contributed by atoms with Gasteiger partial charge in [-0.2, -0.15) is 5.26 Å². The van der Waals surface area contributed by atoms with E-state index in [0.29, 0.717) is 33.5 Å². The average Bonchev–Trinajstić information content (AvgIpc) is 3.22. The van der Waals surface area contributed by atoms with Crippen LogP contribution in [0.3, 0.4) is 0 Å². The summed E-state index contributed by atoms with van der Waals surface area (Å²) in [7, 11) is 0. The zero-order valence-corrected chi connectivity index (χ0v) is 21.5. The van der Waals surface area contributed by atoms with Crippen molar-refractivity contribution in [3.63, 3.8) is 0 Å². The lowest BCUT2D eigenvalue weighted by molar-refractivity contribution is -0.115. The minimum Gasteiger partial charge on any atom is -0.462 e. The number of hydrogen-bond donors (Lipinski definition) is 1. The number of pyridine rings is 1. The first-order chi connectivity index (χ1) is 17.0. The number of carbonyl (C=O) groups excluding carboxylic acids is 2. The highest BCUT2D eigenvalue weighted by Gasteiger charge is 2.27. The minimum atomic E-state index is -0.368. The molecule has 1 N–H and O–H groups in total. The Hall–Kier alpha value is -3.15. The van der Waals surface area contributed by atoms with Crippen LogP contribution in [0.2, 0.25) is 0 Å². The number of carbonyl (C=O) groups is 2. The van der Waals surface area contributed by atoms with E-state index >= 15 is 0 Å². The number of benzene rings is 1. The molecule has 1 aliphatic rings. The Labute approximate surface area is 213 Å². The molecule has 0 spiro atoms. The second-order valence-electron chi connectivity index (χ2n) is 8.31. The average molecular weight is 506 g/mol. The van der Waals surface area contributed by atoms with E-state index in [0.717, 1.165) is 42.5 Å². The number of nitrogens with zero attached hydrogens (tertiary/aromatic N) is 2. The zero-order chi connectivity index (χ0) is 24.8. The molecule has 0 atom stereocenters. The van der Waals surface area contributed by atoms with Crippen LogP contribution in [-0.2, 0) is 22.4 Å². The Morgan fingerprint density at radius 2 is 1.94 bits per heavy atom. The summed E-state index contributed by atoms with van der Waals surface area (Å²) in [4.78, 5) is 31.2. The van der Waals surface area contributed by atoms with Gasteiger partial charge in [0.05, 0.1) is 23.4 Å². The van der Waals surface area contributed by atoms with Crippen molar-refractivity contribution in [3.05, 3.63) is 63.5 Å². The summed E-state index contributed by atoms with van der Waals surface area (Å²) in [6.07, 6.45) is 4.13.